The first-order valence-electron chi connectivity index (χ1n) is 4.17. The van der Waals surface area contributed by atoms with E-state index < -0.39 is 0 Å². The number of benzene rings is 1. The van der Waals surface area contributed by atoms with Crippen molar-refractivity contribution < 1.29 is 0 Å². The van der Waals surface area contributed by atoms with Gasteiger partial charge in [-0.15, -0.1) is 0 Å². The lowest BCUT2D eigenvalue weighted by molar-refractivity contribution is 1.02. The van der Waals surface area contributed by atoms with Crippen LogP contribution in [0.25, 0.3) is 11.4 Å². The van der Waals surface area contributed by atoms with Gasteiger partial charge in [0.1, 0.15) is 6.33 Å². The predicted molar refractivity (Wildman–Crippen MR) is 57.7 cm³/mol. The molecule has 14 heavy (non-hydrogen) atoms. The maximum atomic E-state index is 4.18. The van der Waals surface area contributed by atoms with Gasteiger partial charge in [-0.05, 0) is 28.9 Å². The van der Waals surface area contributed by atoms with E-state index >= 15 is 0 Å². The van der Waals surface area contributed by atoms with Gasteiger partial charge in [0.2, 0.25) is 0 Å². The highest BCUT2D eigenvalue weighted by molar-refractivity contribution is 9.10. The van der Waals surface area contributed by atoms with E-state index in [1.165, 1.54) is 11.9 Å². The zero-order chi connectivity index (χ0) is 9.97. The summed E-state index contributed by atoms with van der Waals surface area (Å²) in [7, 11) is 0. The Morgan fingerprint density at radius 2 is 2.07 bits per heavy atom. The summed E-state index contributed by atoms with van der Waals surface area (Å²) in [6, 6.07) is 8.05. The molecule has 1 aromatic carbocycles. The fourth-order valence-corrected chi connectivity index (χ4v) is 1.46. The Bertz CT molecular complexity index is 413. The standard InChI is InChI=1S/C10H8BrN3/c1-7-3-2-4-8(5-7)9-12-6-13-10(11)14-9/h2-6H,1H3. The minimum Gasteiger partial charge on any atom is -0.216 e. The Balaban J connectivity index is 2.49. The van der Waals surface area contributed by atoms with Gasteiger partial charge in [-0.2, -0.15) is 0 Å². The molecule has 0 radical (unpaired) electrons. The molecule has 0 fully saturated rings. The quantitative estimate of drug-likeness (QED) is 0.780. The van der Waals surface area contributed by atoms with Crippen molar-refractivity contribution in [1.29, 1.82) is 0 Å². The van der Waals surface area contributed by atoms with Crippen molar-refractivity contribution in [3.63, 3.8) is 0 Å². The molecule has 0 bridgehead atoms. The Morgan fingerprint density at radius 1 is 1.21 bits per heavy atom. The van der Waals surface area contributed by atoms with E-state index in [0.717, 1.165) is 5.56 Å². The van der Waals surface area contributed by atoms with Gasteiger partial charge in [0, 0.05) is 5.56 Å². The van der Waals surface area contributed by atoms with E-state index in [1.807, 2.05) is 31.2 Å². The van der Waals surface area contributed by atoms with Gasteiger partial charge >= 0.3 is 0 Å². The molecule has 0 saturated carbocycles. The van der Waals surface area contributed by atoms with Crippen LogP contribution in [0, 0.1) is 6.92 Å². The average Bonchev–Trinajstić information content (AvgIpc) is 2.18. The zero-order valence-electron chi connectivity index (χ0n) is 7.61. The SMILES string of the molecule is Cc1cccc(-c2ncnc(Br)n2)c1. The molecule has 4 heteroatoms. The summed E-state index contributed by atoms with van der Waals surface area (Å²) in [6.45, 7) is 2.04. The highest BCUT2D eigenvalue weighted by atomic mass is 79.9. The third-order valence-electron chi connectivity index (χ3n) is 1.82. The summed E-state index contributed by atoms with van der Waals surface area (Å²) in [5.74, 6) is 0.690. The second kappa shape index (κ2) is 3.84. The first kappa shape index (κ1) is 9.27. The number of aromatic nitrogens is 3. The van der Waals surface area contributed by atoms with Crippen LogP contribution in [0.4, 0.5) is 0 Å². The molecule has 0 amide bonds. The molecule has 2 aromatic rings. The number of hydrogen-bond acceptors (Lipinski definition) is 3. The lowest BCUT2D eigenvalue weighted by Crippen LogP contribution is -1.91. The summed E-state index contributed by atoms with van der Waals surface area (Å²) >= 11 is 3.22. The number of halogens is 1. The van der Waals surface area contributed by atoms with Crippen LogP contribution < -0.4 is 0 Å². The molecule has 0 spiro atoms. The number of rotatable bonds is 1. The Hall–Kier alpha value is -1.29. The van der Waals surface area contributed by atoms with Gasteiger partial charge in [-0.25, -0.2) is 15.0 Å². The lowest BCUT2D eigenvalue weighted by atomic mass is 10.1. The van der Waals surface area contributed by atoms with Crippen molar-refractivity contribution in [2.75, 3.05) is 0 Å². The summed E-state index contributed by atoms with van der Waals surface area (Å²) < 4.78 is 0.559. The molecule has 0 aliphatic rings. The molecule has 70 valence electrons. The number of aryl methyl sites for hydroxylation is 1. The molecular weight excluding hydrogens is 242 g/mol. The van der Waals surface area contributed by atoms with Gasteiger partial charge in [0.15, 0.2) is 10.6 Å². The van der Waals surface area contributed by atoms with Crippen LogP contribution in [0.15, 0.2) is 35.3 Å². The van der Waals surface area contributed by atoms with Crippen LogP contribution in [0.3, 0.4) is 0 Å². The summed E-state index contributed by atoms with van der Waals surface area (Å²) in [6.07, 6.45) is 1.49. The average molecular weight is 250 g/mol. The maximum Gasteiger partial charge on any atom is 0.200 e. The highest BCUT2D eigenvalue weighted by Crippen LogP contribution is 2.16. The van der Waals surface area contributed by atoms with Crippen LogP contribution in [0.1, 0.15) is 5.56 Å². The Kier molecular flexibility index (Phi) is 2.54. The monoisotopic (exact) mass is 249 g/mol. The largest absolute Gasteiger partial charge is 0.216 e. The predicted octanol–water partition coefficient (Wildman–Crippen LogP) is 2.61. The second-order valence-corrected chi connectivity index (χ2v) is 3.66. The van der Waals surface area contributed by atoms with E-state index in [4.69, 9.17) is 0 Å². The van der Waals surface area contributed by atoms with E-state index in [0.29, 0.717) is 10.6 Å². The first-order chi connectivity index (χ1) is 6.75. The molecule has 1 heterocycles. The minimum absolute atomic E-state index is 0.559. The third kappa shape index (κ3) is 1.96. The number of nitrogens with zero attached hydrogens (tertiary/aromatic N) is 3. The Morgan fingerprint density at radius 3 is 2.79 bits per heavy atom. The first-order valence-corrected chi connectivity index (χ1v) is 4.96. The van der Waals surface area contributed by atoms with Crippen molar-refractivity contribution in [2.24, 2.45) is 0 Å². The van der Waals surface area contributed by atoms with E-state index in [9.17, 15) is 0 Å². The topological polar surface area (TPSA) is 38.7 Å². The van der Waals surface area contributed by atoms with Crippen LogP contribution in [-0.4, -0.2) is 15.0 Å². The summed E-state index contributed by atoms with van der Waals surface area (Å²) in [4.78, 5) is 12.2. The van der Waals surface area contributed by atoms with Gasteiger partial charge in [-0.1, -0.05) is 23.8 Å². The maximum absolute atomic E-state index is 4.18. The van der Waals surface area contributed by atoms with Crippen molar-refractivity contribution in [3.8, 4) is 11.4 Å². The number of hydrogen-bond donors (Lipinski definition) is 0. The molecule has 0 unspecified atom stereocenters. The van der Waals surface area contributed by atoms with E-state index in [2.05, 4.69) is 30.9 Å². The van der Waals surface area contributed by atoms with Crippen molar-refractivity contribution >= 4 is 15.9 Å². The third-order valence-corrected chi connectivity index (χ3v) is 2.20. The lowest BCUT2D eigenvalue weighted by Gasteiger charge is -2.00. The van der Waals surface area contributed by atoms with E-state index in [1.54, 1.807) is 0 Å². The zero-order valence-corrected chi connectivity index (χ0v) is 9.19. The molecule has 0 saturated heterocycles. The van der Waals surface area contributed by atoms with Gasteiger partial charge < -0.3 is 0 Å². The van der Waals surface area contributed by atoms with Crippen LogP contribution in [0.2, 0.25) is 0 Å². The second-order valence-electron chi connectivity index (χ2n) is 2.95. The normalized spacial score (nSPS) is 10.1. The van der Waals surface area contributed by atoms with Crippen LogP contribution in [-0.2, 0) is 0 Å². The van der Waals surface area contributed by atoms with Gasteiger partial charge in [-0.3, -0.25) is 0 Å². The van der Waals surface area contributed by atoms with Crippen molar-refractivity contribution in [1.82, 2.24) is 15.0 Å². The van der Waals surface area contributed by atoms with Crippen molar-refractivity contribution in [2.45, 2.75) is 6.92 Å². The highest BCUT2D eigenvalue weighted by Gasteiger charge is 2.01. The van der Waals surface area contributed by atoms with Crippen LogP contribution >= 0.6 is 15.9 Å². The van der Waals surface area contributed by atoms with Gasteiger partial charge in [0.25, 0.3) is 0 Å². The smallest absolute Gasteiger partial charge is 0.200 e. The molecule has 2 rings (SSSR count). The van der Waals surface area contributed by atoms with E-state index in [-0.39, 0.29) is 0 Å². The molecule has 1 aromatic heterocycles. The molecular formula is C10H8BrN3. The Labute approximate surface area is 90.4 Å². The summed E-state index contributed by atoms with van der Waals surface area (Å²) in [5, 5.41) is 0. The molecule has 0 aliphatic heterocycles. The van der Waals surface area contributed by atoms with Crippen molar-refractivity contribution in [3.05, 3.63) is 40.9 Å². The molecule has 3 nitrogen and oxygen atoms in total. The molecule has 0 aliphatic carbocycles. The molecule has 0 atom stereocenters. The van der Waals surface area contributed by atoms with Gasteiger partial charge in [0.05, 0.1) is 0 Å². The molecule has 0 N–H and O–H groups in total. The summed E-state index contributed by atoms with van der Waals surface area (Å²) in [5.41, 5.74) is 2.20. The minimum atomic E-state index is 0.559. The fourth-order valence-electron chi connectivity index (χ4n) is 1.20. The van der Waals surface area contributed by atoms with Crippen LogP contribution in [0.5, 0.6) is 0 Å². The fraction of sp³-hybridized carbons (Fsp3) is 0.100.